The fourth-order valence-electron chi connectivity index (χ4n) is 3.51. The molecule has 2 aliphatic rings. The molecule has 1 saturated heterocycles. The zero-order valence-electron chi connectivity index (χ0n) is 11.8. The molecule has 104 valence electrons. The Labute approximate surface area is 121 Å². The minimum atomic E-state index is 0.764. The van der Waals surface area contributed by atoms with Gasteiger partial charge in [-0.3, -0.25) is 0 Å². The summed E-state index contributed by atoms with van der Waals surface area (Å²) in [5.74, 6) is 5.37. The van der Waals surface area contributed by atoms with Crippen LogP contribution in [0.4, 0.5) is 0 Å². The van der Waals surface area contributed by atoms with Gasteiger partial charge < -0.3 is 5.32 Å². The highest BCUT2D eigenvalue weighted by atomic mass is 32.2. The van der Waals surface area contributed by atoms with Crippen LogP contribution in [-0.4, -0.2) is 24.1 Å². The Morgan fingerprint density at radius 2 is 2.16 bits per heavy atom. The van der Waals surface area contributed by atoms with Crippen molar-refractivity contribution in [3.63, 3.8) is 0 Å². The predicted octanol–water partition coefficient (Wildman–Crippen LogP) is 3.91. The lowest BCUT2D eigenvalue weighted by Crippen LogP contribution is -2.39. The van der Waals surface area contributed by atoms with Crippen LogP contribution in [0.25, 0.3) is 0 Å². The maximum Gasteiger partial charge on any atom is 0.0138 e. The monoisotopic (exact) mass is 275 g/mol. The Morgan fingerprint density at radius 3 is 2.84 bits per heavy atom. The van der Waals surface area contributed by atoms with E-state index < -0.39 is 0 Å². The van der Waals surface area contributed by atoms with Crippen LogP contribution in [0, 0.1) is 11.8 Å². The Bertz CT molecular complexity index is 386. The molecule has 1 heterocycles. The third kappa shape index (κ3) is 3.17. The molecule has 2 fully saturated rings. The first kappa shape index (κ1) is 13.5. The fraction of sp³-hybridized carbons (Fsp3) is 0.647. The molecule has 2 heteroatoms. The highest BCUT2D eigenvalue weighted by molar-refractivity contribution is 7.99. The summed E-state index contributed by atoms with van der Waals surface area (Å²) in [7, 11) is 0. The second-order valence-corrected chi connectivity index (χ2v) is 7.17. The molecule has 1 aromatic carbocycles. The Kier molecular flexibility index (Phi) is 4.49. The summed E-state index contributed by atoms with van der Waals surface area (Å²) in [6.45, 7) is 3.46. The third-order valence-corrected chi connectivity index (χ3v) is 5.82. The zero-order valence-corrected chi connectivity index (χ0v) is 12.7. The van der Waals surface area contributed by atoms with E-state index >= 15 is 0 Å². The first-order valence-corrected chi connectivity index (χ1v) is 8.91. The lowest BCUT2D eigenvalue weighted by atomic mass is 9.92. The standard InChI is InChI=1S/C17H25NS/c1-2-9-18-17(14-8-10-19-12-14)16-11-15(16)13-6-4-3-5-7-13/h3-7,14-18H,2,8-12H2,1H3. The van der Waals surface area contributed by atoms with Crippen LogP contribution in [0.1, 0.15) is 37.7 Å². The van der Waals surface area contributed by atoms with Crippen molar-refractivity contribution < 1.29 is 0 Å². The largest absolute Gasteiger partial charge is 0.313 e. The van der Waals surface area contributed by atoms with Crippen LogP contribution in [0.2, 0.25) is 0 Å². The van der Waals surface area contributed by atoms with Crippen LogP contribution in [0.15, 0.2) is 30.3 Å². The van der Waals surface area contributed by atoms with Crippen molar-refractivity contribution in [1.82, 2.24) is 5.32 Å². The van der Waals surface area contributed by atoms with E-state index in [2.05, 4.69) is 54.3 Å². The van der Waals surface area contributed by atoms with Crippen LogP contribution in [0.3, 0.4) is 0 Å². The molecule has 1 N–H and O–H groups in total. The van der Waals surface area contributed by atoms with Gasteiger partial charge in [0.15, 0.2) is 0 Å². The molecule has 19 heavy (non-hydrogen) atoms. The van der Waals surface area contributed by atoms with Crippen molar-refractivity contribution in [2.45, 2.75) is 38.1 Å². The molecule has 1 aliphatic carbocycles. The van der Waals surface area contributed by atoms with Gasteiger partial charge in [0, 0.05) is 6.04 Å². The summed E-state index contributed by atoms with van der Waals surface area (Å²) in [4.78, 5) is 0. The number of hydrogen-bond acceptors (Lipinski definition) is 2. The normalized spacial score (nSPS) is 31.3. The Hall–Kier alpha value is -0.470. The Balaban J connectivity index is 1.64. The smallest absolute Gasteiger partial charge is 0.0138 e. The molecule has 3 rings (SSSR count). The molecule has 1 aromatic rings. The molecule has 1 nitrogen and oxygen atoms in total. The van der Waals surface area contributed by atoms with Gasteiger partial charge in [-0.15, -0.1) is 0 Å². The summed E-state index contributed by atoms with van der Waals surface area (Å²) in [5.41, 5.74) is 1.56. The molecule has 1 saturated carbocycles. The first-order valence-electron chi connectivity index (χ1n) is 7.76. The van der Waals surface area contributed by atoms with E-state index in [0.717, 1.165) is 23.8 Å². The topological polar surface area (TPSA) is 12.0 Å². The van der Waals surface area contributed by atoms with Crippen molar-refractivity contribution in [3.05, 3.63) is 35.9 Å². The number of hydrogen-bond donors (Lipinski definition) is 1. The summed E-state index contributed by atoms with van der Waals surface area (Å²) in [5, 5.41) is 3.86. The van der Waals surface area contributed by atoms with E-state index in [9.17, 15) is 0 Å². The first-order chi connectivity index (χ1) is 9.40. The van der Waals surface area contributed by atoms with E-state index in [0.29, 0.717) is 0 Å². The molecule has 0 radical (unpaired) electrons. The molecule has 1 aliphatic heterocycles. The van der Waals surface area contributed by atoms with Gasteiger partial charge in [-0.05, 0) is 60.6 Å². The number of thioether (sulfide) groups is 1. The molecule has 4 atom stereocenters. The average Bonchev–Trinajstić information content (AvgIpc) is 3.05. The van der Waals surface area contributed by atoms with Crippen LogP contribution in [-0.2, 0) is 0 Å². The van der Waals surface area contributed by atoms with E-state index in [4.69, 9.17) is 0 Å². The predicted molar refractivity (Wildman–Crippen MR) is 84.8 cm³/mol. The average molecular weight is 275 g/mol. The molecule has 0 spiro atoms. The SMILES string of the molecule is CCCNC(C1CCSC1)C1CC1c1ccccc1. The second-order valence-electron chi connectivity index (χ2n) is 6.02. The van der Waals surface area contributed by atoms with Gasteiger partial charge >= 0.3 is 0 Å². The van der Waals surface area contributed by atoms with Crippen LogP contribution >= 0.6 is 11.8 Å². The highest BCUT2D eigenvalue weighted by Crippen LogP contribution is 2.52. The van der Waals surface area contributed by atoms with Crippen molar-refractivity contribution in [2.75, 3.05) is 18.1 Å². The summed E-state index contributed by atoms with van der Waals surface area (Å²) in [6.07, 6.45) is 4.07. The van der Waals surface area contributed by atoms with E-state index in [1.54, 1.807) is 5.56 Å². The van der Waals surface area contributed by atoms with Crippen LogP contribution in [0.5, 0.6) is 0 Å². The summed E-state index contributed by atoms with van der Waals surface area (Å²) >= 11 is 2.15. The number of rotatable bonds is 6. The summed E-state index contributed by atoms with van der Waals surface area (Å²) in [6, 6.07) is 11.9. The van der Waals surface area contributed by atoms with Crippen molar-refractivity contribution >= 4 is 11.8 Å². The van der Waals surface area contributed by atoms with Gasteiger partial charge in [-0.1, -0.05) is 37.3 Å². The molecular weight excluding hydrogens is 250 g/mol. The molecule has 4 unspecified atom stereocenters. The second kappa shape index (κ2) is 6.32. The number of nitrogens with one attached hydrogen (secondary N) is 1. The number of benzene rings is 1. The van der Waals surface area contributed by atoms with E-state index in [1.807, 2.05) is 0 Å². The van der Waals surface area contributed by atoms with E-state index in [1.165, 1.54) is 37.3 Å². The zero-order chi connectivity index (χ0) is 13.1. The van der Waals surface area contributed by atoms with Crippen molar-refractivity contribution in [3.8, 4) is 0 Å². The Morgan fingerprint density at radius 1 is 1.32 bits per heavy atom. The van der Waals surface area contributed by atoms with Crippen molar-refractivity contribution in [2.24, 2.45) is 11.8 Å². The lowest BCUT2D eigenvalue weighted by Gasteiger charge is -2.25. The molecule has 0 aromatic heterocycles. The van der Waals surface area contributed by atoms with Gasteiger partial charge in [-0.2, -0.15) is 11.8 Å². The maximum absolute atomic E-state index is 3.86. The highest BCUT2D eigenvalue weighted by Gasteiger charge is 2.46. The van der Waals surface area contributed by atoms with Gasteiger partial charge in [0.1, 0.15) is 0 Å². The summed E-state index contributed by atoms with van der Waals surface area (Å²) < 4.78 is 0. The quantitative estimate of drug-likeness (QED) is 0.845. The molecular formula is C17H25NS. The van der Waals surface area contributed by atoms with E-state index in [-0.39, 0.29) is 0 Å². The molecule has 0 amide bonds. The van der Waals surface area contributed by atoms with Gasteiger partial charge in [0.2, 0.25) is 0 Å². The van der Waals surface area contributed by atoms with Gasteiger partial charge in [0.05, 0.1) is 0 Å². The van der Waals surface area contributed by atoms with Crippen LogP contribution < -0.4 is 5.32 Å². The fourth-order valence-corrected chi connectivity index (χ4v) is 4.82. The van der Waals surface area contributed by atoms with Crippen molar-refractivity contribution in [1.29, 1.82) is 0 Å². The lowest BCUT2D eigenvalue weighted by molar-refractivity contribution is 0.342. The van der Waals surface area contributed by atoms with Gasteiger partial charge in [-0.25, -0.2) is 0 Å². The minimum Gasteiger partial charge on any atom is -0.313 e. The molecule has 0 bridgehead atoms. The maximum atomic E-state index is 3.86. The third-order valence-electron chi connectivity index (χ3n) is 4.63. The van der Waals surface area contributed by atoms with Gasteiger partial charge in [0.25, 0.3) is 0 Å². The minimum absolute atomic E-state index is 0.764.